The van der Waals surface area contributed by atoms with Gasteiger partial charge in [-0.2, -0.15) is 0 Å². The number of aliphatic hydroxyl groups is 1. The van der Waals surface area contributed by atoms with E-state index in [0.717, 1.165) is 19.4 Å². The van der Waals surface area contributed by atoms with Crippen LogP contribution in [-0.4, -0.2) is 48.8 Å². The first-order valence-corrected chi connectivity index (χ1v) is 7.08. The van der Waals surface area contributed by atoms with Crippen molar-refractivity contribution in [3.8, 4) is 0 Å². The van der Waals surface area contributed by atoms with Crippen LogP contribution in [-0.2, 0) is 0 Å². The van der Waals surface area contributed by atoms with Gasteiger partial charge in [0.25, 0.3) is 0 Å². The van der Waals surface area contributed by atoms with Gasteiger partial charge < -0.3 is 15.3 Å². The average molecular weight is 242 g/mol. The van der Waals surface area contributed by atoms with E-state index in [1.165, 1.54) is 19.3 Å². The van der Waals surface area contributed by atoms with Gasteiger partial charge in [0, 0.05) is 18.6 Å². The molecule has 1 aliphatic carbocycles. The Morgan fingerprint density at radius 3 is 2.41 bits per heavy atom. The Morgan fingerprint density at radius 1 is 1.24 bits per heavy atom. The van der Waals surface area contributed by atoms with E-state index < -0.39 is 0 Å². The number of hydrogen-bond donors (Lipinski definition) is 2. The number of likely N-dealkylation sites (N-methyl/N-ethyl adjacent to an activating group) is 1. The molecular formula is C14H30N2O. The number of aliphatic hydroxyl groups excluding tert-OH is 1. The van der Waals surface area contributed by atoms with E-state index >= 15 is 0 Å². The minimum Gasteiger partial charge on any atom is -0.392 e. The normalized spacial score (nSPS) is 27.7. The van der Waals surface area contributed by atoms with Crippen molar-refractivity contribution in [1.29, 1.82) is 0 Å². The summed E-state index contributed by atoms with van der Waals surface area (Å²) in [5.74, 6) is 0.702. The second kappa shape index (κ2) is 7.34. The van der Waals surface area contributed by atoms with Crippen LogP contribution in [0.4, 0.5) is 0 Å². The minimum atomic E-state index is -0.138. The maximum atomic E-state index is 10.0. The van der Waals surface area contributed by atoms with Gasteiger partial charge in [-0.3, -0.25) is 0 Å². The lowest BCUT2D eigenvalue weighted by molar-refractivity contribution is 0.0804. The van der Waals surface area contributed by atoms with E-state index in [4.69, 9.17) is 0 Å². The first-order chi connectivity index (χ1) is 7.99. The summed E-state index contributed by atoms with van der Waals surface area (Å²) in [6, 6.07) is 0.815. The van der Waals surface area contributed by atoms with Gasteiger partial charge in [0.15, 0.2) is 0 Å². The van der Waals surface area contributed by atoms with Crippen molar-refractivity contribution in [2.24, 2.45) is 5.92 Å². The summed E-state index contributed by atoms with van der Waals surface area (Å²) in [5, 5.41) is 13.7. The maximum Gasteiger partial charge on any atom is 0.0693 e. The smallest absolute Gasteiger partial charge is 0.0693 e. The summed E-state index contributed by atoms with van der Waals surface area (Å²) in [6.45, 7) is 5.59. The summed E-state index contributed by atoms with van der Waals surface area (Å²) in [5.41, 5.74) is 0. The van der Waals surface area contributed by atoms with Crippen LogP contribution in [0, 0.1) is 5.92 Å². The summed E-state index contributed by atoms with van der Waals surface area (Å²) < 4.78 is 0. The summed E-state index contributed by atoms with van der Waals surface area (Å²) in [4.78, 5) is 2.23. The fourth-order valence-electron chi connectivity index (χ4n) is 2.81. The highest BCUT2D eigenvalue weighted by molar-refractivity contribution is 4.84. The molecule has 0 heterocycles. The van der Waals surface area contributed by atoms with Crippen molar-refractivity contribution in [2.45, 2.75) is 64.1 Å². The van der Waals surface area contributed by atoms with Crippen LogP contribution >= 0.6 is 0 Å². The van der Waals surface area contributed by atoms with E-state index in [1.54, 1.807) is 0 Å². The van der Waals surface area contributed by atoms with Crippen LogP contribution in [0.25, 0.3) is 0 Å². The molecule has 0 amide bonds. The third-order valence-electron chi connectivity index (χ3n) is 3.52. The molecular weight excluding hydrogens is 212 g/mol. The molecule has 1 aliphatic rings. The number of nitrogens with one attached hydrogen (secondary N) is 1. The second-order valence-corrected chi connectivity index (χ2v) is 6.21. The highest BCUT2D eigenvalue weighted by Crippen LogP contribution is 2.19. The SMILES string of the molecule is CC(C)CC(CN(C)C)N[C@@H]1CCCC[C@H]1O. The van der Waals surface area contributed by atoms with Crippen LogP contribution in [0.15, 0.2) is 0 Å². The van der Waals surface area contributed by atoms with Crippen molar-refractivity contribution in [2.75, 3.05) is 20.6 Å². The Hall–Kier alpha value is -0.120. The highest BCUT2D eigenvalue weighted by Gasteiger charge is 2.25. The molecule has 1 rings (SSSR count). The van der Waals surface area contributed by atoms with Crippen LogP contribution in [0.1, 0.15) is 46.0 Å². The van der Waals surface area contributed by atoms with Crippen molar-refractivity contribution in [3.05, 3.63) is 0 Å². The molecule has 3 atom stereocenters. The van der Waals surface area contributed by atoms with Gasteiger partial charge in [0.05, 0.1) is 6.10 Å². The number of hydrogen-bond acceptors (Lipinski definition) is 3. The van der Waals surface area contributed by atoms with Gasteiger partial charge in [-0.15, -0.1) is 0 Å². The molecule has 0 aromatic heterocycles. The first kappa shape index (κ1) is 14.9. The molecule has 102 valence electrons. The molecule has 3 heteroatoms. The van der Waals surface area contributed by atoms with Crippen molar-refractivity contribution in [3.63, 3.8) is 0 Å². The molecule has 17 heavy (non-hydrogen) atoms. The maximum absolute atomic E-state index is 10.0. The van der Waals surface area contributed by atoms with Gasteiger partial charge in [0.2, 0.25) is 0 Å². The zero-order chi connectivity index (χ0) is 12.8. The van der Waals surface area contributed by atoms with Gasteiger partial charge in [0.1, 0.15) is 0 Å². The summed E-state index contributed by atoms with van der Waals surface area (Å²) in [6.07, 6.45) is 5.58. The van der Waals surface area contributed by atoms with Crippen LogP contribution < -0.4 is 5.32 Å². The number of rotatable bonds is 6. The fourth-order valence-corrected chi connectivity index (χ4v) is 2.81. The van der Waals surface area contributed by atoms with Crippen molar-refractivity contribution < 1.29 is 5.11 Å². The van der Waals surface area contributed by atoms with E-state index in [2.05, 4.69) is 38.2 Å². The molecule has 0 spiro atoms. The number of nitrogens with zero attached hydrogens (tertiary/aromatic N) is 1. The van der Waals surface area contributed by atoms with Crippen LogP contribution in [0.2, 0.25) is 0 Å². The third kappa shape index (κ3) is 5.84. The molecule has 1 saturated carbocycles. The third-order valence-corrected chi connectivity index (χ3v) is 3.52. The highest BCUT2D eigenvalue weighted by atomic mass is 16.3. The van der Waals surface area contributed by atoms with Crippen LogP contribution in [0.5, 0.6) is 0 Å². The Bertz CT molecular complexity index is 196. The van der Waals surface area contributed by atoms with Crippen molar-refractivity contribution in [1.82, 2.24) is 10.2 Å². The molecule has 0 bridgehead atoms. The Labute approximate surface area is 107 Å². The molecule has 1 unspecified atom stereocenters. The van der Waals surface area contributed by atoms with E-state index in [9.17, 15) is 5.11 Å². The lowest BCUT2D eigenvalue weighted by Crippen LogP contribution is -2.50. The van der Waals surface area contributed by atoms with Gasteiger partial charge >= 0.3 is 0 Å². The summed E-state index contributed by atoms with van der Waals surface area (Å²) in [7, 11) is 4.23. The Kier molecular flexibility index (Phi) is 6.45. The Morgan fingerprint density at radius 2 is 1.88 bits per heavy atom. The van der Waals surface area contributed by atoms with Crippen LogP contribution in [0.3, 0.4) is 0 Å². The Balaban J connectivity index is 2.45. The standard InChI is InChI=1S/C14H30N2O/c1-11(2)9-12(10-16(3)4)15-13-7-5-6-8-14(13)17/h11-15,17H,5-10H2,1-4H3/t12?,13-,14-/m1/s1. The molecule has 0 aromatic rings. The topological polar surface area (TPSA) is 35.5 Å². The van der Waals surface area contributed by atoms with Gasteiger partial charge in [-0.1, -0.05) is 26.7 Å². The van der Waals surface area contributed by atoms with Gasteiger partial charge in [-0.25, -0.2) is 0 Å². The van der Waals surface area contributed by atoms with Gasteiger partial charge in [-0.05, 0) is 39.3 Å². The molecule has 0 aliphatic heterocycles. The van der Waals surface area contributed by atoms with Crippen molar-refractivity contribution >= 4 is 0 Å². The molecule has 1 fully saturated rings. The summed E-state index contributed by atoms with van der Waals surface area (Å²) >= 11 is 0. The molecule has 0 aromatic carbocycles. The quantitative estimate of drug-likeness (QED) is 0.746. The predicted molar refractivity (Wildman–Crippen MR) is 73.2 cm³/mol. The lowest BCUT2D eigenvalue weighted by atomic mass is 9.91. The molecule has 3 nitrogen and oxygen atoms in total. The zero-order valence-corrected chi connectivity index (χ0v) is 11.9. The average Bonchev–Trinajstić information content (AvgIpc) is 2.19. The van der Waals surface area contributed by atoms with E-state index in [0.29, 0.717) is 18.0 Å². The lowest BCUT2D eigenvalue weighted by Gasteiger charge is -2.34. The zero-order valence-electron chi connectivity index (χ0n) is 11.9. The van der Waals surface area contributed by atoms with E-state index in [-0.39, 0.29) is 6.10 Å². The fraction of sp³-hybridized carbons (Fsp3) is 1.00. The molecule has 2 N–H and O–H groups in total. The largest absolute Gasteiger partial charge is 0.392 e. The first-order valence-electron chi connectivity index (χ1n) is 7.08. The second-order valence-electron chi connectivity index (χ2n) is 6.21. The monoisotopic (exact) mass is 242 g/mol. The molecule has 0 radical (unpaired) electrons. The molecule has 0 saturated heterocycles. The predicted octanol–water partition coefficient (Wildman–Crippen LogP) is 1.86. The van der Waals surface area contributed by atoms with E-state index in [1.807, 2.05) is 0 Å². The minimum absolute atomic E-state index is 0.138.